The molecule has 0 saturated heterocycles. The van der Waals surface area contributed by atoms with Gasteiger partial charge in [0.05, 0.1) is 16.9 Å². The average molecular weight is 321 g/mol. The van der Waals surface area contributed by atoms with Gasteiger partial charge in [0.2, 0.25) is 0 Å². The van der Waals surface area contributed by atoms with E-state index in [9.17, 15) is 13.2 Å². The molecule has 3 heterocycles. The van der Waals surface area contributed by atoms with Crippen molar-refractivity contribution in [3.05, 3.63) is 51.4 Å². The predicted octanol–water partition coefficient (Wildman–Crippen LogP) is 1.56. The third-order valence-corrected chi connectivity index (χ3v) is 6.89. The summed E-state index contributed by atoms with van der Waals surface area (Å²) in [6.07, 6.45) is 0. The molecule has 0 saturated carbocycles. The quantitative estimate of drug-likeness (QED) is 0.771. The molecular weight excluding hydrogens is 310 g/mol. The van der Waals surface area contributed by atoms with E-state index >= 15 is 0 Å². The molecular formula is C13H11N3O3S2. The van der Waals surface area contributed by atoms with Crippen molar-refractivity contribution >= 4 is 37.3 Å². The lowest BCUT2D eigenvalue weighted by atomic mass is 10.1. The van der Waals surface area contributed by atoms with Crippen molar-refractivity contribution in [3.63, 3.8) is 0 Å². The first-order valence-corrected chi connectivity index (χ1v) is 8.69. The van der Waals surface area contributed by atoms with E-state index in [0.29, 0.717) is 27.6 Å². The number of anilines is 1. The molecule has 0 spiro atoms. The van der Waals surface area contributed by atoms with Crippen LogP contribution in [0.2, 0.25) is 0 Å². The van der Waals surface area contributed by atoms with E-state index < -0.39 is 10.0 Å². The fourth-order valence-corrected chi connectivity index (χ4v) is 5.78. The summed E-state index contributed by atoms with van der Waals surface area (Å²) in [5.74, 6) is 0.459. The second-order valence-corrected chi connectivity index (χ2v) is 7.76. The van der Waals surface area contributed by atoms with Gasteiger partial charge in [-0.3, -0.25) is 19.3 Å². The Bertz CT molecular complexity index is 953. The lowest BCUT2D eigenvalue weighted by Crippen LogP contribution is -2.32. The minimum atomic E-state index is -3.67. The molecule has 2 aliphatic heterocycles. The highest BCUT2D eigenvalue weighted by Crippen LogP contribution is 2.51. The number of nitrogens with zero attached hydrogens (tertiary/aromatic N) is 1. The van der Waals surface area contributed by atoms with Gasteiger partial charge in [-0.2, -0.15) is 0 Å². The molecule has 1 aromatic carbocycles. The Hall–Kier alpha value is -1.93. The number of hydrogen-bond donors (Lipinski definition) is 2. The number of thioether (sulfide) groups is 1. The summed E-state index contributed by atoms with van der Waals surface area (Å²) in [5.41, 5.74) is 2.14. The van der Waals surface area contributed by atoms with Gasteiger partial charge in [-0.1, -0.05) is 18.2 Å². The highest BCUT2D eigenvalue weighted by molar-refractivity contribution is 8.11. The number of aromatic nitrogens is 2. The molecule has 0 radical (unpaired) electrons. The van der Waals surface area contributed by atoms with Gasteiger partial charge in [-0.15, -0.1) is 11.8 Å². The first-order chi connectivity index (χ1) is 10.0. The molecule has 4 rings (SSSR count). The second-order valence-electron chi connectivity index (χ2n) is 4.87. The number of H-pyrrole nitrogens is 2. The summed E-state index contributed by atoms with van der Waals surface area (Å²) >= 11 is 1.39. The lowest BCUT2D eigenvalue weighted by Gasteiger charge is -2.32. The van der Waals surface area contributed by atoms with Crippen molar-refractivity contribution in [2.45, 2.75) is 5.75 Å². The monoisotopic (exact) mass is 321 g/mol. The molecule has 2 aromatic rings. The van der Waals surface area contributed by atoms with Crippen LogP contribution in [0.3, 0.4) is 0 Å². The molecule has 2 aliphatic rings. The topological polar surface area (TPSA) is 86.0 Å². The van der Waals surface area contributed by atoms with Gasteiger partial charge in [0.25, 0.3) is 15.6 Å². The standard InChI is InChI=1S/C13H11N3O3S2/c1-16-9-5-3-2-4-7(9)11-12(21(16,18)19)10-8(6-20-11)13(17)15-14-10/h2-5H,6H2,1H3,(H2,14,15,17). The third-order valence-electron chi connectivity index (χ3n) is 3.78. The number of hydrogen-bond acceptors (Lipinski definition) is 4. The second kappa shape index (κ2) is 4.05. The molecule has 0 atom stereocenters. The molecule has 6 nitrogen and oxygen atoms in total. The van der Waals surface area contributed by atoms with E-state index in [1.54, 1.807) is 6.07 Å². The number of rotatable bonds is 0. The maximum Gasteiger partial charge on any atom is 0.268 e. The van der Waals surface area contributed by atoms with Gasteiger partial charge in [0, 0.05) is 23.3 Å². The minimum Gasteiger partial charge on any atom is -0.296 e. The molecule has 1 aromatic heterocycles. The number of aromatic amines is 2. The SMILES string of the molecule is CN1c2ccccc2C2=C(c3[nH][nH]c(=O)c3CS2)S1(=O)=O. The van der Waals surface area contributed by atoms with E-state index in [-0.39, 0.29) is 10.5 Å². The van der Waals surface area contributed by atoms with Crippen LogP contribution >= 0.6 is 11.8 Å². The Morgan fingerprint density at radius 3 is 2.81 bits per heavy atom. The van der Waals surface area contributed by atoms with Gasteiger partial charge >= 0.3 is 0 Å². The number of para-hydroxylation sites is 1. The molecule has 2 N–H and O–H groups in total. The van der Waals surface area contributed by atoms with Crippen LogP contribution in [0.5, 0.6) is 0 Å². The largest absolute Gasteiger partial charge is 0.296 e. The van der Waals surface area contributed by atoms with Gasteiger partial charge < -0.3 is 0 Å². The van der Waals surface area contributed by atoms with Crippen molar-refractivity contribution in [2.75, 3.05) is 11.4 Å². The van der Waals surface area contributed by atoms with Gasteiger partial charge in [0.1, 0.15) is 4.91 Å². The summed E-state index contributed by atoms with van der Waals surface area (Å²) in [5, 5.41) is 5.20. The molecule has 21 heavy (non-hydrogen) atoms. The summed E-state index contributed by atoms with van der Waals surface area (Å²) in [7, 11) is -2.14. The zero-order valence-electron chi connectivity index (χ0n) is 11.0. The number of fused-ring (bicyclic) bond motifs is 4. The van der Waals surface area contributed by atoms with E-state index in [0.717, 1.165) is 5.56 Å². The Kier molecular flexibility index (Phi) is 2.46. The van der Waals surface area contributed by atoms with E-state index in [1.807, 2.05) is 18.2 Å². The minimum absolute atomic E-state index is 0.188. The normalized spacial score (nSPS) is 19.0. The number of benzene rings is 1. The van der Waals surface area contributed by atoms with Crippen molar-refractivity contribution in [1.29, 1.82) is 0 Å². The van der Waals surface area contributed by atoms with Gasteiger partial charge in [-0.05, 0) is 6.07 Å². The van der Waals surface area contributed by atoms with Crippen molar-refractivity contribution in [2.24, 2.45) is 0 Å². The van der Waals surface area contributed by atoms with Crippen LogP contribution in [0.1, 0.15) is 16.8 Å². The Morgan fingerprint density at radius 2 is 2.00 bits per heavy atom. The molecule has 0 unspecified atom stereocenters. The molecule has 0 aliphatic carbocycles. The van der Waals surface area contributed by atoms with E-state index in [4.69, 9.17) is 0 Å². The molecule has 0 amide bonds. The van der Waals surface area contributed by atoms with Crippen LogP contribution in [0.4, 0.5) is 5.69 Å². The smallest absolute Gasteiger partial charge is 0.268 e. The first-order valence-electron chi connectivity index (χ1n) is 6.27. The average Bonchev–Trinajstić information content (AvgIpc) is 2.86. The van der Waals surface area contributed by atoms with Gasteiger partial charge in [-0.25, -0.2) is 8.42 Å². The van der Waals surface area contributed by atoms with Crippen LogP contribution in [0.25, 0.3) is 9.81 Å². The van der Waals surface area contributed by atoms with Crippen LogP contribution in [0.15, 0.2) is 29.1 Å². The number of sulfonamides is 1. The highest BCUT2D eigenvalue weighted by Gasteiger charge is 2.40. The maximum atomic E-state index is 12.8. The van der Waals surface area contributed by atoms with Crippen LogP contribution in [-0.2, 0) is 15.8 Å². The van der Waals surface area contributed by atoms with Crippen LogP contribution < -0.4 is 9.86 Å². The fraction of sp³-hybridized carbons (Fsp3) is 0.154. The molecule has 0 fully saturated rings. The first kappa shape index (κ1) is 12.8. The maximum absolute atomic E-state index is 12.8. The summed E-state index contributed by atoms with van der Waals surface area (Å²) in [6.45, 7) is 0. The van der Waals surface area contributed by atoms with Crippen molar-refractivity contribution < 1.29 is 8.42 Å². The summed E-state index contributed by atoms with van der Waals surface area (Å²) in [4.78, 5) is 12.6. The van der Waals surface area contributed by atoms with E-state index in [1.165, 1.54) is 23.1 Å². The Labute approximate surface area is 124 Å². The Balaban J connectivity index is 2.14. The zero-order chi connectivity index (χ0) is 14.8. The summed E-state index contributed by atoms with van der Waals surface area (Å²) in [6, 6.07) is 7.38. The van der Waals surface area contributed by atoms with Crippen molar-refractivity contribution in [3.8, 4) is 0 Å². The molecule has 8 heteroatoms. The summed E-state index contributed by atoms with van der Waals surface area (Å²) < 4.78 is 26.9. The van der Waals surface area contributed by atoms with Gasteiger partial charge in [0.15, 0.2) is 0 Å². The fourth-order valence-electron chi connectivity index (χ4n) is 2.69. The van der Waals surface area contributed by atoms with E-state index in [2.05, 4.69) is 10.2 Å². The highest BCUT2D eigenvalue weighted by atomic mass is 32.2. The lowest BCUT2D eigenvalue weighted by molar-refractivity contribution is 0.604. The molecule has 0 bridgehead atoms. The predicted molar refractivity (Wildman–Crippen MR) is 83.3 cm³/mol. The van der Waals surface area contributed by atoms with Crippen LogP contribution in [-0.4, -0.2) is 25.7 Å². The Morgan fingerprint density at radius 1 is 1.24 bits per heavy atom. The number of nitrogens with one attached hydrogen (secondary N) is 2. The third kappa shape index (κ3) is 1.54. The molecule has 108 valence electrons. The zero-order valence-corrected chi connectivity index (χ0v) is 12.6. The van der Waals surface area contributed by atoms with Crippen LogP contribution in [0, 0.1) is 0 Å². The van der Waals surface area contributed by atoms with Crippen molar-refractivity contribution in [1.82, 2.24) is 10.2 Å².